The van der Waals surface area contributed by atoms with Gasteiger partial charge in [0.05, 0.1) is 7.11 Å². The van der Waals surface area contributed by atoms with Gasteiger partial charge in [0.2, 0.25) is 0 Å². The molecule has 1 aromatic rings. The maximum Gasteiger partial charge on any atom is 0.387 e. The van der Waals surface area contributed by atoms with Crippen LogP contribution in [0.5, 0.6) is 11.5 Å². The summed E-state index contributed by atoms with van der Waals surface area (Å²) in [6, 6.07) is 4.26. The largest absolute Gasteiger partial charge is 0.493 e. The second kappa shape index (κ2) is 10.2. The van der Waals surface area contributed by atoms with Crippen LogP contribution in [-0.4, -0.2) is 38.8 Å². The third-order valence-corrected chi connectivity index (χ3v) is 2.76. The molecule has 0 bridgehead atoms. The highest BCUT2D eigenvalue weighted by molar-refractivity contribution is 5.94. The van der Waals surface area contributed by atoms with Crippen LogP contribution in [0.1, 0.15) is 24.2 Å². The quantitative estimate of drug-likeness (QED) is 0.764. The number of carbonyl (C=O) groups is 1. The van der Waals surface area contributed by atoms with Crippen molar-refractivity contribution in [2.45, 2.75) is 26.5 Å². The molecule has 0 aromatic heterocycles. The van der Waals surface area contributed by atoms with Crippen LogP contribution in [0.3, 0.4) is 0 Å². The average Bonchev–Trinajstić information content (AvgIpc) is 2.44. The summed E-state index contributed by atoms with van der Waals surface area (Å²) in [5, 5.41) is 5.87. The van der Waals surface area contributed by atoms with Crippen molar-refractivity contribution in [3.63, 3.8) is 0 Å². The van der Waals surface area contributed by atoms with E-state index in [0.717, 1.165) is 6.54 Å². The summed E-state index contributed by atoms with van der Waals surface area (Å²) < 4.78 is 33.9. The predicted molar refractivity (Wildman–Crippen MR) is 82.3 cm³/mol. The molecule has 2 N–H and O–H groups in total. The molecule has 0 heterocycles. The first-order valence-electron chi connectivity index (χ1n) is 6.62. The zero-order chi connectivity index (χ0) is 15.8. The molecule has 0 saturated carbocycles. The van der Waals surface area contributed by atoms with Gasteiger partial charge in [0.25, 0.3) is 5.91 Å². The minimum Gasteiger partial charge on any atom is -0.493 e. The molecule has 0 aliphatic rings. The number of likely N-dealkylation sites (N-methyl/N-ethyl adjacent to an activating group) is 1. The number of methoxy groups -OCH3 is 1. The van der Waals surface area contributed by atoms with Gasteiger partial charge in [-0.15, -0.1) is 12.4 Å². The van der Waals surface area contributed by atoms with Gasteiger partial charge in [-0.25, -0.2) is 0 Å². The number of ether oxygens (including phenoxy) is 2. The van der Waals surface area contributed by atoms with Crippen molar-refractivity contribution in [3.8, 4) is 11.5 Å². The summed E-state index contributed by atoms with van der Waals surface area (Å²) in [6.07, 6.45) is 0. The molecule has 0 unspecified atom stereocenters. The lowest BCUT2D eigenvalue weighted by molar-refractivity contribution is -0.0512. The number of hydrogen-bond acceptors (Lipinski definition) is 4. The molecule has 1 amide bonds. The fourth-order valence-electron chi connectivity index (χ4n) is 1.77. The number of hydrogen-bond donors (Lipinski definition) is 2. The van der Waals surface area contributed by atoms with Crippen LogP contribution in [-0.2, 0) is 0 Å². The lowest BCUT2D eigenvalue weighted by Crippen LogP contribution is -2.38. The van der Waals surface area contributed by atoms with Gasteiger partial charge in [-0.3, -0.25) is 4.79 Å². The van der Waals surface area contributed by atoms with Crippen LogP contribution >= 0.6 is 12.4 Å². The Balaban J connectivity index is 0.00000441. The minimum atomic E-state index is -2.98. The van der Waals surface area contributed by atoms with Gasteiger partial charge in [-0.05, 0) is 31.7 Å². The van der Waals surface area contributed by atoms with Gasteiger partial charge in [0, 0.05) is 18.2 Å². The fraction of sp³-hybridized carbons (Fsp3) is 0.500. The Labute approximate surface area is 134 Å². The van der Waals surface area contributed by atoms with Crippen LogP contribution in [0.15, 0.2) is 18.2 Å². The first-order valence-corrected chi connectivity index (χ1v) is 6.62. The molecule has 0 aliphatic carbocycles. The monoisotopic (exact) mass is 338 g/mol. The normalized spacial score (nSPS) is 11.5. The van der Waals surface area contributed by atoms with Crippen molar-refractivity contribution in [2.75, 3.05) is 20.2 Å². The maximum absolute atomic E-state index is 12.3. The number of amides is 1. The van der Waals surface area contributed by atoms with E-state index in [1.54, 1.807) is 0 Å². The smallest absolute Gasteiger partial charge is 0.387 e. The van der Waals surface area contributed by atoms with E-state index in [2.05, 4.69) is 15.4 Å². The third-order valence-electron chi connectivity index (χ3n) is 2.76. The number of nitrogens with one attached hydrogen (secondary N) is 2. The summed E-state index contributed by atoms with van der Waals surface area (Å²) in [5.41, 5.74) is 0.232. The standard InChI is InChI=1S/C14H20F2N2O3.ClH/c1-4-17-9(2)8-18-13(19)10-5-6-11(20-3)12(7-10)21-14(15)16;/h5-7,9,14,17H,4,8H2,1-3H3,(H,18,19);1H/t9-;/m1./s1. The zero-order valence-electron chi connectivity index (χ0n) is 12.7. The van der Waals surface area contributed by atoms with E-state index in [1.165, 1.54) is 25.3 Å². The molecule has 22 heavy (non-hydrogen) atoms. The molecule has 1 rings (SSSR count). The molecule has 0 aliphatic heterocycles. The summed E-state index contributed by atoms with van der Waals surface area (Å²) in [7, 11) is 1.34. The number of rotatable bonds is 8. The molecule has 0 fully saturated rings. The van der Waals surface area contributed by atoms with Crippen molar-refractivity contribution in [1.29, 1.82) is 0 Å². The first-order chi connectivity index (χ1) is 9.97. The number of carbonyl (C=O) groups excluding carboxylic acids is 1. The Morgan fingerprint density at radius 3 is 2.55 bits per heavy atom. The Hall–Kier alpha value is -1.60. The van der Waals surface area contributed by atoms with Crippen LogP contribution in [0.25, 0.3) is 0 Å². The lowest BCUT2D eigenvalue weighted by atomic mass is 10.2. The second-order valence-electron chi connectivity index (χ2n) is 4.41. The van der Waals surface area contributed by atoms with Crippen molar-refractivity contribution < 1.29 is 23.0 Å². The fourth-order valence-corrected chi connectivity index (χ4v) is 1.77. The Morgan fingerprint density at radius 2 is 2.00 bits per heavy atom. The highest BCUT2D eigenvalue weighted by Gasteiger charge is 2.14. The molecule has 5 nitrogen and oxygen atoms in total. The molecular formula is C14H21ClF2N2O3. The molecule has 1 atom stereocenters. The van der Waals surface area contributed by atoms with Gasteiger partial charge in [-0.2, -0.15) is 8.78 Å². The third kappa shape index (κ3) is 6.44. The van der Waals surface area contributed by atoms with E-state index in [9.17, 15) is 13.6 Å². The highest BCUT2D eigenvalue weighted by atomic mass is 35.5. The average molecular weight is 339 g/mol. The van der Waals surface area contributed by atoms with Crippen LogP contribution < -0.4 is 20.1 Å². The van der Waals surface area contributed by atoms with Gasteiger partial charge in [0.1, 0.15) is 0 Å². The number of benzene rings is 1. The Morgan fingerprint density at radius 1 is 1.32 bits per heavy atom. The van der Waals surface area contributed by atoms with Crippen LogP contribution in [0.4, 0.5) is 8.78 Å². The number of alkyl halides is 2. The topological polar surface area (TPSA) is 59.6 Å². The second-order valence-corrected chi connectivity index (χ2v) is 4.41. The molecule has 0 radical (unpaired) electrons. The van der Waals surface area contributed by atoms with Crippen LogP contribution in [0.2, 0.25) is 0 Å². The highest BCUT2D eigenvalue weighted by Crippen LogP contribution is 2.29. The summed E-state index contributed by atoms with van der Waals surface area (Å²) in [6.45, 7) is 2.15. The van der Waals surface area contributed by atoms with Crippen LogP contribution in [0, 0.1) is 0 Å². The van der Waals surface area contributed by atoms with E-state index >= 15 is 0 Å². The summed E-state index contributed by atoms with van der Waals surface area (Å²) >= 11 is 0. The molecule has 0 saturated heterocycles. The zero-order valence-corrected chi connectivity index (χ0v) is 13.5. The van der Waals surface area contributed by atoms with Gasteiger partial charge in [0.15, 0.2) is 11.5 Å². The SMILES string of the molecule is CCN[C@H](C)CNC(=O)c1ccc(OC)c(OC(F)F)c1.Cl. The summed E-state index contributed by atoms with van der Waals surface area (Å²) in [5.74, 6) is -0.380. The van der Waals surface area contributed by atoms with Gasteiger partial charge >= 0.3 is 6.61 Å². The van der Waals surface area contributed by atoms with E-state index in [0.29, 0.717) is 6.54 Å². The molecule has 1 aromatic carbocycles. The van der Waals surface area contributed by atoms with Crippen molar-refractivity contribution in [3.05, 3.63) is 23.8 Å². The molecule has 8 heteroatoms. The first kappa shape index (κ1) is 20.4. The molecule has 0 spiro atoms. The lowest BCUT2D eigenvalue weighted by Gasteiger charge is -2.14. The van der Waals surface area contributed by atoms with E-state index in [1.807, 2.05) is 13.8 Å². The van der Waals surface area contributed by atoms with Gasteiger partial charge in [-0.1, -0.05) is 6.92 Å². The van der Waals surface area contributed by atoms with E-state index in [4.69, 9.17) is 4.74 Å². The minimum absolute atomic E-state index is 0. The maximum atomic E-state index is 12.3. The Bertz CT molecular complexity index is 475. The van der Waals surface area contributed by atoms with E-state index < -0.39 is 6.61 Å². The molecule has 126 valence electrons. The van der Waals surface area contributed by atoms with Crippen molar-refractivity contribution >= 4 is 18.3 Å². The number of halogens is 3. The van der Waals surface area contributed by atoms with Crippen molar-refractivity contribution in [1.82, 2.24) is 10.6 Å². The van der Waals surface area contributed by atoms with E-state index in [-0.39, 0.29) is 41.4 Å². The molecular weight excluding hydrogens is 318 g/mol. The van der Waals surface area contributed by atoms with Gasteiger partial charge < -0.3 is 20.1 Å². The summed E-state index contributed by atoms with van der Waals surface area (Å²) in [4.78, 5) is 12.0. The Kier molecular flexibility index (Phi) is 9.44. The predicted octanol–water partition coefficient (Wildman–Crippen LogP) is 2.45. The van der Waals surface area contributed by atoms with Crippen molar-refractivity contribution in [2.24, 2.45) is 0 Å².